The Bertz CT molecular complexity index is 414. The molecule has 2 rings (SSSR count). The topological polar surface area (TPSA) is 66.4 Å². The summed E-state index contributed by atoms with van der Waals surface area (Å²) in [5, 5.41) is 12.4. The Kier molecular flexibility index (Phi) is 4.51. The van der Waals surface area contributed by atoms with E-state index in [1.165, 1.54) is 0 Å². The normalized spacial score (nSPS) is 32.6. The first kappa shape index (κ1) is 15.1. The smallest absolute Gasteiger partial charge is 0.307 e. The third kappa shape index (κ3) is 2.60. The zero-order chi connectivity index (χ0) is 14.9. The van der Waals surface area contributed by atoms with E-state index in [9.17, 15) is 14.7 Å². The predicted molar refractivity (Wildman–Crippen MR) is 77.0 cm³/mol. The van der Waals surface area contributed by atoms with Gasteiger partial charge in [0.25, 0.3) is 0 Å². The van der Waals surface area contributed by atoms with E-state index in [1.54, 1.807) is 0 Å². The summed E-state index contributed by atoms with van der Waals surface area (Å²) in [5.41, 5.74) is 0. The first-order chi connectivity index (χ1) is 9.49. The molecule has 1 amide bonds. The van der Waals surface area contributed by atoms with Gasteiger partial charge in [0.15, 0.2) is 0 Å². The minimum Gasteiger partial charge on any atom is -0.481 e. The largest absolute Gasteiger partial charge is 0.481 e. The molecule has 3 unspecified atom stereocenters. The van der Waals surface area contributed by atoms with Crippen molar-refractivity contribution in [3.05, 3.63) is 12.2 Å². The molecule has 4 nitrogen and oxygen atoms in total. The lowest BCUT2D eigenvalue weighted by Gasteiger charge is -2.28. The van der Waals surface area contributed by atoms with Crippen LogP contribution in [-0.4, -0.2) is 23.0 Å². The van der Waals surface area contributed by atoms with Crippen LogP contribution in [0.25, 0.3) is 0 Å². The third-order valence-electron chi connectivity index (χ3n) is 5.17. The average Bonchev–Trinajstić information content (AvgIpc) is 2.99. The van der Waals surface area contributed by atoms with Gasteiger partial charge in [0, 0.05) is 6.04 Å². The number of allylic oxidation sites excluding steroid dienone is 2. The van der Waals surface area contributed by atoms with Crippen LogP contribution in [0.5, 0.6) is 0 Å². The Morgan fingerprint density at radius 1 is 1.20 bits per heavy atom. The first-order valence-corrected chi connectivity index (χ1v) is 7.71. The summed E-state index contributed by atoms with van der Waals surface area (Å²) in [5.74, 6) is -1.24. The van der Waals surface area contributed by atoms with Crippen molar-refractivity contribution in [3.63, 3.8) is 0 Å². The maximum atomic E-state index is 12.5. The quantitative estimate of drug-likeness (QED) is 0.734. The van der Waals surface area contributed by atoms with Crippen molar-refractivity contribution < 1.29 is 14.7 Å². The molecule has 0 heterocycles. The van der Waals surface area contributed by atoms with Crippen molar-refractivity contribution in [2.45, 2.75) is 46.1 Å². The molecule has 0 aromatic carbocycles. The Morgan fingerprint density at radius 2 is 1.75 bits per heavy atom. The Labute approximate surface area is 120 Å². The van der Waals surface area contributed by atoms with Gasteiger partial charge < -0.3 is 10.4 Å². The molecule has 5 atom stereocenters. The molecule has 1 fully saturated rings. The van der Waals surface area contributed by atoms with Gasteiger partial charge in [-0.3, -0.25) is 9.59 Å². The van der Waals surface area contributed by atoms with Gasteiger partial charge in [-0.2, -0.15) is 0 Å². The lowest BCUT2D eigenvalue weighted by molar-refractivity contribution is -0.148. The molecule has 0 aliphatic heterocycles. The summed E-state index contributed by atoms with van der Waals surface area (Å²) in [4.78, 5) is 23.9. The lowest BCUT2D eigenvalue weighted by Crippen LogP contribution is -2.45. The molecule has 2 bridgehead atoms. The Morgan fingerprint density at radius 3 is 2.25 bits per heavy atom. The minimum absolute atomic E-state index is 0.0386. The van der Waals surface area contributed by atoms with Crippen LogP contribution >= 0.6 is 0 Å². The second kappa shape index (κ2) is 5.98. The average molecular weight is 279 g/mol. The molecule has 112 valence electrons. The summed E-state index contributed by atoms with van der Waals surface area (Å²) in [6, 6.07) is 0.107. The molecule has 0 spiro atoms. The monoisotopic (exact) mass is 279 g/mol. The number of hydrogen-bond acceptors (Lipinski definition) is 2. The molecule has 2 N–H and O–H groups in total. The fourth-order valence-corrected chi connectivity index (χ4v) is 3.95. The maximum absolute atomic E-state index is 12.5. The van der Waals surface area contributed by atoms with Crippen LogP contribution in [0.15, 0.2) is 12.2 Å². The van der Waals surface area contributed by atoms with Crippen LogP contribution in [0, 0.1) is 29.6 Å². The van der Waals surface area contributed by atoms with E-state index in [1.807, 2.05) is 19.1 Å². The maximum Gasteiger partial charge on any atom is 0.307 e. The van der Waals surface area contributed by atoms with E-state index in [-0.39, 0.29) is 29.7 Å². The van der Waals surface area contributed by atoms with Crippen LogP contribution in [0.3, 0.4) is 0 Å². The number of carbonyl (C=O) groups is 2. The van der Waals surface area contributed by atoms with Gasteiger partial charge in [0.1, 0.15) is 0 Å². The van der Waals surface area contributed by atoms with E-state index >= 15 is 0 Å². The van der Waals surface area contributed by atoms with Crippen molar-refractivity contribution >= 4 is 11.9 Å². The SMILES string of the molecule is CCC(CC)C(C)NC(=O)[C@H]1C2C=CC(C2)[C@H]1C(=O)O. The second-order valence-electron chi connectivity index (χ2n) is 6.21. The van der Waals surface area contributed by atoms with Gasteiger partial charge in [-0.1, -0.05) is 38.8 Å². The molecule has 2 aliphatic rings. The second-order valence-corrected chi connectivity index (χ2v) is 6.21. The number of carboxylic acids is 1. The van der Waals surface area contributed by atoms with Crippen molar-refractivity contribution in [2.24, 2.45) is 29.6 Å². The summed E-state index contributed by atoms with van der Waals surface area (Å²) in [6.45, 7) is 6.27. The number of nitrogens with one attached hydrogen (secondary N) is 1. The van der Waals surface area contributed by atoms with Gasteiger partial charge in [-0.15, -0.1) is 0 Å². The molecule has 20 heavy (non-hydrogen) atoms. The number of hydrogen-bond donors (Lipinski definition) is 2. The standard InChI is InChI=1S/C16H25NO3/c1-4-10(5-2)9(3)17-15(18)13-11-6-7-12(8-11)14(13)16(19)20/h6-7,9-14H,4-5,8H2,1-3H3,(H,17,18)(H,19,20)/t9?,11?,12?,13-,14+/m0/s1. The highest BCUT2D eigenvalue weighted by Crippen LogP contribution is 2.48. The highest BCUT2D eigenvalue weighted by Gasteiger charge is 2.51. The van der Waals surface area contributed by atoms with Crippen LogP contribution < -0.4 is 5.32 Å². The zero-order valence-electron chi connectivity index (χ0n) is 12.5. The Hall–Kier alpha value is -1.32. The molecular weight excluding hydrogens is 254 g/mol. The Balaban J connectivity index is 2.05. The molecule has 0 aromatic heterocycles. The summed E-state index contributed by atoms with van der Waals surface area (Å²) >= 11 is 0. The zero-order valence-corrected chi connectivity index (χ0v) is 12.5. The van der Waals surface area contributed by atoms with Gasteiger partial charge in [0.05, 0.1) is 11.8 Å². The molecule has 4 heteroatoms. The first-order valence-electron chi connectivity index (χ1n) is 7.71. The van der Waals surface area contributed by atoms with Crippen LogP contribution in [-0.2, 0) is 9.59 Å². The molecule has 0 radical (unpaired) electrons. The fraction of sp³-hybridized carbons (Fsp3) is 0.750. The van der Waals surface area contributed by atoms with Crippen molar-refractivity contribution in [3.8, 4) is 0 Å². The molecular formula is C16H25NO3. The number of fused-ring (bicyclic) bond motifs is 2. The fourth-order valence-electron chi connectivity index (χ4n) is 3.95. The van der Waals surface area contributed by atoms with E-state index < -0.39 is 11.9 Å². The molecule has 0 saturated heterocycles. The number of carboxylic acid groups (broad SMARTS) is 1. The molecule has 0 aromatic rings. The summed E-state index contributed by atoms with van der Waals surface area (Å²) in [6.07, 6.45) is 6.86. The van der Waals surface area contributed by atoms with E-state index in [0.717, 1.165) is 19.3 Å². The van der Waals surface area contributed by atoms with Gasteiger partial charge in [-0.25, -0.2) is 0 Å². The third-order valence-corrected chi connectivity index (χ3v) is 5.17. The summed E-state index contributed by atoms with van der Waals surface area (Å²) in [7, 11) is 0. The van der Waals surface area contributed by atoms with Crippen LogP contribution in [0.2, 0.25) is 0 Å². The highest BCUT2D eigenvalue weighted by molar-refractivity contribution is 5.87. The van der Waals surface area contributed by atoms with Crippen molar-refractivity contribution in [1.82, 2.24) is 5.32 Å². The van der Waals surface area contributed by atoms with E-state index in [2.05, 4.69) is 19.2 Å². The van der Waals surface area contributed by atoms with Gasteiger partial charge >= 0.3 is 5.97 Å². The highest BCUT2D eigenvalue weighted by atomic mass is 16.4. The van der Waals surface area contributed by atoms with Gasteiger partial charge in [0.2, 0.25) is 5.91 Å². The number of carbonyl (C=O) groups excluding carboxylic acids is 1. The van der Waals surface area contributed by atoms with Crippen LogP contribution in [0.4, 0.5) is 0 Å². The van der Waals surface area contributed by atoms with E-state index in [0.29, 0.717) is 5.92 Å². The van der Waals surface area contributed by atoms with Gasteiger partial charge in [-0.05, 0) is 31.1 Å². The van der Waals surface area contributed by atoms with Crippen molar-refractivity contribution in [1.29, 1.82) is 0 Å². The molecule has 2 aliphatic carbocycles. The summed E-state index contributed by atoms with van der Waals surface area (Å²) < 4.78 is 0. The minimum atomic E-state index is -0.836. The number of rotatable bonds is 6. The van der Waals surface area contributed by atoms with Crippen molar-refractivity contribution in [2.75, 3.05) is 0 Å². The van der Waals surface area contributed by atoms with Crippen LogP contribution in [0.1, 0.15) is 40.0 Å². The van der Waals surface area contributed by atoms with E-state index in [4.69, 9.17) is 0 Å². The number of aliphatic carboxylic acids is 1. The predicted octanol–water partition coefficient (Wildman–Crippen LogP) is 2.45. The number of amides is 1. The molecule has 1 saturated carbocycles. The lowest BCUT2D eigenvalue weighted by atomic mass is 9.82.